The molecule has 0 aromatic heterocycles. The number of nitrogens with one attached hydrogen (secondary N) is 1. The molecule has 2 rings (SSSR count). The van der Waals surface area contributed by atoms with E-state index in [0.29, 0.717) is 19.2 Å². The summed E-state index contributed by atoms with van der Waals surface area (Å²) in [6.07, 6.45) is 1.56. The zero-order valence-corrected chi connectivity index (χ0v) is 10.5. The molecule has 1 heterocycles. The maximum atomic E-state index is 9.82. The molecule has 100 valence electrons. The molecule has 1 aromatic rings. The largest absolute Gasteiger partial charge is 0.491 e. The van der Waals surface area contributed by atoms with Crippen LogP contribution in [0.4, 0.5) is 0 Å². The molecule has 1 aliphatic rings. The van der Waals surface area contributed by atoms with E-state index in [1.54, 1.807) is 0 Å². The molecular weight excluding hydrogens is 230 g/mol. The van der Waals surface area contributed by atoms with Crippen LogP contribution in [0.3, 0.4) is 0 Å². The maximum absolute atomic E-state index is 9.82. The fraction of sp³-hybridized carbons (Fsp3) is 0.571. The lowest BCUT2D eigenvalue weighted by molar-refractivity contribution is 0.0655. The van der Waals surface area contributed by atoms with Gasteiger partial charge < -0.3 is 19.9 Å². The average molecular weight is 251 g/mol. The van der Waals surface area contributed by atoms with Crippen LogP contribution in [-0.4, -0.2) is 43.6 Å². The fourth-order valence-electron chi connectivity index (χ4n) is 1.97. The minimum absolute atomic E-state index is 0.320. The lowest BCUT2D eigenvalue weighted by atomic mass is 10.1. The molecule has 0 amide bonds. The molecule has 1 aromatic carbocycles. The van der Waals surface area contributed by atoms with Crippen molar-refractivity contribution in [2.24, 2.45) is 0 Å². The third-order valence-electron chi connectivity index (χ3n) is 3.05. The lowest BCUT2D eigenvalue weighted by Crippen LogP contribution is -2.40. The second-order valence-electron chi connectivity index (χ2n) is 4.57. The van der Waals surface area contributed by atoms with Gasteiger partial charge in [0.1, 0.15) is 18.5 Å². The summed E-state index contributed by atoms with van der Waals surface area (Å²) in [5, 5.41) is 13.2. The van der Waals surface area contributed by atoms with Crippen molar-refractivity contribution >= 4 is 0 Å². The normalized spacial score (nSPS) is 18.5. The Bertz CT molecular complexity index is 325. The molecule has 0 saturated carbocycles. The van der Waals surface area contributed by atoms with Gasteiger partial charge in [-0.25, -0.2) is 0 Å². The van der Waals surface area contributed by atoms with E-state index in [1.165, 1.54) is 0 Å². The van der Waals surface area contributed by atoms with Crippen LogP contribution < -0.4 is 10.1 Å². The Balaban J connectivity index is 1.61. The van der Waals surface area contributed by atoms with Crippen LogP contribution in [-0.2, 0) is 4.74 Å². The molecule has 0 radical (unpaired) electrons. The summed E-state index contributed by atoms with van der Waals surface area (Å²) in [4.78, 5) is 0. The first-order chi connectivity index (χ1) is 8.84. The second-order valence-corrected chi connectivity index (χ2v) is 4.57. The number of para-hydroxylation sites is 1. The van der Waals surface area contributed by atoms with Gasteiger partial charge in [0.05, 0.1) is 0 Å². The fourth-order valence-corrected chi connectivity index (χ4v) is 1.97. The number of hydrogen-bond donors (Lipinski definition) is 2. The van der Waals surface area contributed by atoms with Gasteiger partial charge >= 0.3 is 0 Å². The van der Waals surface area contributed by atoms with Gasteiger partial charge in [0.15, 0.2) is 0 Å². The predicted octanol–water partition coefficient (Wildman–Crippen LogP) is 1.19. The molecule has 1 unspecified atom stereocenters. The quantitative estimate of drug-likeness (QED) is 0.797. The van der Waals surface area contributed by atoms with Crippen LogP contribution in [0.25, 0.3) is 0 Å². The third kappa shape index (κ3) is 4.64. The monoisotopic (exact) mass is 251 g/mol. The summed E-state index contributed by atoms with van der Waals surface area (Å²) >= 11 is 0. The summed E-state index contributed by atoms with van der Waals surface area (Å²) in [6.45, 7) is 2.51. The molecule has 0 spiro atoms. The van der Waals surface area contributed by atoms with E-state index in [0.717, 1.165) is 31.8 Å². The Morgan fingerprint density at radius 1 is 1.28 bits per heavy atom. The Morgan fingerprint density at radius 3 is 2.72 bits per heavy atom. The van der Waals surface area contributed by atoms with Crippen molar-refractivity contribution in [3.05, 3.63) is 30.3 Å². The minimum atomic E-state index is -0.479. The first-order valence-electron chi connectivity index (χ1n) is 6.51. The van der Waals surface area contributed by atoms with Crippen molar-refractivity contribution in [1.82, 2.24) is 5.32 Å². The summed E-state index contributed by atoms with van der Waals surface area (Å²) in [5.41, 5.74) is 0. The minimum Gasteiger partial charge on any atom is -0.491 e. The molecule has 0 bridgehead atoms. The van der Waals surface area contributed by atoms with Crippen molar-refractivity contribution in [3.8, 4) is 5.75 Å². The van der Waals surface area contributed by atoms with E-state index in [9.17, 15) is 5.11 Å². The number of ether oxygens (including phenoxy) is 2. The third-order valence-corrected chi connectivity index (χ3v) is 3.05. The number of rotatable bonds is 6. The number of hydrogen-bond acceptors (Lipinski definition) is 4. The molecule has 4 nitrogen and oxygen atoms in total. The van der Waals surface area contributed by atoms with Crippen LogP contribution in [0.1, 0.15) is 12.8 Å². The highest BCUT2D eigenvalue weighted by molar-refractivity contribution is 5.20. The molecule has 1 fully saturated rings. The van der Waals surface area contributed by atoms with E-state index in [-0.39, 0.29) is 0 Å². The number of aliphatic hydroxyl groups is 1. The van der Waals surface area contributed by atoms with Crippen LogP contribution in [0.5, 0.6) is 5.75 Å². The maximum Gasteiger partial charge on any atom is 0.119 e. The summed E-state index contributed by atoms with van der Waals surface area (Å²) in [5.74, 6) is 0.794. The van der Waals surface area contributed by atoms with E-state index < -0.39 is 6.10 Å². The molecule has 1 aliphatic heterocycles. The molecule has 4 heteroatoms. The van der Waals surface area contributed by atoms with E-state index in [2.05, 4.69) is 5.32 Å². The lowest BCUT2D eigenvalue weighted by Gasteiger charge is -2.24. The molecular formula is C14H21NO3. The highest BCUT2D eigenvalue weighted by atomic mass is 16.5. The topological polar surface area (TPSA) is 50.7 Å². The van der Waals surface area contributed by atoms with Gasteiger partial charge in [-0.05, 0) is 25.0 Å². The van der Waals surface area contributed by atoms with Crippen LogP contribution in [0.15, 0.2) is 30.3 Å². The van der Waals surface area contributed by atoms with Crippen molar-refractivity contribution in [2.45, 2.75) is 25.0 Å². The summed E-state index contributed by atoms with van der Waals surface area (Å²) in [7, 11) is 0. The molecule has 18 heavy (non-hydrogen) atoms. The van der Waals surface area contributed by atoms with Gasteiger partial charge in [-0.2, -0.15) is 0 Å². The first kappa shape index (κ1) is 13.3. The van der Waals surface area contributed by atoms with Crippen molar-refractivity contribution in [2.75, 3.05) is 26.4 Å². The van der Waals surface area contributed by atoms with Crippen LogP contribution in [0.2, 0.25) is 0 Å². The Kier molecular flexibility index (Phi) is 5.45. The standard InChI is InChI=1S/C14H21NO3/c16-13(10-15-12-6-8-17-9-7-12)11-18-14-4-2-1-3-5-14/h1-5,12-13,15-16H,6-11H2. The van der Waals surface area contributed by atoms with Gasteiger partial charge in [-0.15, -0.1) is 0 Å². The zero-order chi connectivity index (χ0) is 12.6. The SMILES string of the molecule is OC(CNC1CCOCC1)COc1ccccc1. The average Bonchev–Trinajstić information content (AvgIpc) is 2.45. The van der Waals surface area contributed by atoms with Crippen molar-refractivity contribution in [3.63, 3.8) is 0 Å². The van der Waals surface area contributed by atoms with Crippen molar-refractivity contribution in [1.29, 1.82) is 0 Å². The van der Waals surface area contributed by atoms with Crippen LogP contribution >= 0.6 is 0 Å². The summed E-state index contributed by atoms with van der Waals surface area (Å²) < 4.78 is 10.8. The smallest absolute Gasteiger partial charge is 0.119 e. The second kappa shape index (κ2) is 7.36. The Hall–Kier alpha value is -1.10. The molecule has 0 aliphatic carbocycles. The van der Waals surface area contributed by atoms with Gasteiger partial charge in [0.2, 0.25) is 0 Å². The molecule has 1 atom stereocenters. The van der Waals surface area contributed by atoms with Crippen molar-refractivity contribution < 1.29 is 14.6 Å². The Morgan fingerprint density at radius 2 is 2.00 bits per heavy atom. The number of aliphatic hydroxyl groups excluding tert-OH is 1. The highest BCUT2D eigenvalue weighted by Gasteiger charge is 2.14. The Labute approximate surface area is 108 Å². The first-order valence-corrected chi connectivity index (χ1v) is 6.51. The van der Waals surface area contributed by atoms with E-state index >= 15 is 0 Å². The zero-order valence-electron chi connectivity index (χ0n) is 10.5. The van der Waals surface area contributed by atoms with Gasteiger partial charge in [-0.1, -0.05) is 18.2 Å². The highest BCUT2D eigenvalue weighted by Crippen LogP contribution is 2.09. The van der Waals surface area contributed by atoms with E-state index in [4.69, 9.17) is 9.47 Å². The summed E-state index contributed by atoms with van der Waals surface area (Å²) in [6, 6.07) is 10.0. The van der Waals surface area contributed by atoms with Crippen LogP contribution in [0, 0.1) is 0 Å². The number of benzene rings is 1. The molecule has 2 N–H and O–H groups in total. The molecule has 1 saturated heterocycles. The van der Waals surface area contributed by atoms with Gasteiger partial charge in [0.25, 0.3) is 0 Å². The van der Waals surface area contributed by atoms with E-state index in [1.807, 2.05) is 30.3 Å². The van der Waals surface area contributed by atoms with Gasteiger partial charge in [0, 0.05) is 25.8 Å². The predicted molar refractivity (Wildman–Crippen MR) is 69.8 cm³/mol. The van der Waals surface area contributed by atoms with Gasteiger partial charge in [-0.3, -0.25) is 0 Å².